The Balaban J connectivity index is 2.01. The molecular weight excluding hydrogens is 221 g/mol. The number of benzene rings is 1. The second kappa shape index (κ2) is 4.27. The van der Waals surface area contributed by atoms with Gasteiger partial charge >= 0.3 is 0 Å². The van der Waals surface area contributed by atoms with Gasteiger partial charge in [-0.05, 0) is 42.6 Å². The highest BCUT2D eigenvalue weighted by molar-refractivity contribution is 5.40. The summed E-state index contributed by atoms with van der Waals surface area (Å²) in [7, 11) is 1.48. The summed E-state index contributed by atoms with van der Waals surface area (Å²) < 4.78 is 24.5. The van der Waals surface area contributed by atoms with Crippen LogP contribution >= 0.6 is 0 Å². The molecule has 92 valence electrons. The quantitative estimate of drug-likeness (QED) is 0.812. The maximum atomic E-state index is 13.7. The molecule has 1 aromatic rings. The van der Waals surface area contributed by atoms with Crippen molar-refractivity contribution in [2.45, 2.75) is 31.6 Å². The van der Waals surface area contributed by atoms with Crippen LogP contribution in [0.25, 0.3) is 0 Å². The topological polar surface area (TPSA) is 30.5 Å². The monoisotopic (exact) mass is 237 g/mol. The van der Waals surface area contributed by atoms with Gasteiger partial charge in [0.2, 0.25) is 0 Å². The van der Waals surface area contributed by atoms with Gasteiger partial charge in [-0.25, -0.2) is 4.39 Å². The number of methoxy groups -OCH3 is 1. The Labute approximate surface area is 99.9 Å². The number of hydrogen-bond acceptors (Lipinski definition) is 3. The minimum absolute atomic E-state index is 0.132. The molecule has 3 nitrogen and oxygen atoms in total. The second-order valence-electron chi connectivity index (χ2n) is 4.61. The van der Waals surface area contributed by atoms with Crippen LogP contribution in [0.15, 0.2) is 12.1 Å². The average Bonchev–Trinajstić information content (AvgIpc) is 2.38. The highest BCUT2D eigenvalue weighted by Crippen LogP contribution is 2.36. The Kier molecular flexibility index (Phi) is 2.76. The molecule has 0 saturated carbocycles. The number of fused-ring (bicyclic) bond motifs is 3. The lowest BCUT2D eigenvalue weighted by Gasteiger charge is -2.37. The molecule has 2 heterocycles. The SMILES string of the molecule is COc1cc2c(cc1F)[C@@H]1NCCC[C@@H]1OC2. The van der Waals surface area contributed by atoms with Crippen LogP contribution in [0.3, 0.4) is 0 Å². The van der Waals surface area contributed by atoms with Gasteiger partial charge in [0.05, 0.1) is 25.9 Å². The first-order valence-corrected chi connectivity index (χ1v) is 6.01. The van der Waals surface area contributed by atoms with Crippen LogP contribution in [0, 0.1) is 5.82 Å². The van der Waals surface area contributed by atoms with E-state index in [4.69, 9.17) is 9.47 Å². The van der Waals surface area contributed by atoms with Crippen LogP contribution in [0.5, 0.6) is 5.75 Å². The summed E-state index contributed by atoms with van der Waals surface area (Å²) in [5.74, 6) is 0.000818. The molecule has 0 aliphatic carbocycles. The summed E-state index contributed by atoms with van der Waals surface area (Å²) in [6.45, 7) is 1.52. The fraction of sp³-hybridized carbons (Fsp3) is 0.538. The Morgan fingerprint density at radius 3 is 3.18 bits per heavy atom. The van der Waals surface area contributed by atoms with E-state index in [-0.39, 0.29) is 18.0 Å². The Hall–Kier alpha value is -1.13. The van der Waals surface area contributed by atoms with Crippen molar-refractivity contribution in [3.63, 3.8) is 0 Å². The van der Waals surface area contributed by atoms with Crippen LogP contribution in [0.4, 0.5) is 4.39 Å². The van der Waals surface area contributed by atoms with E-state index in [9.17, 15) is 4.39 Å². The molecule has 0 radical (unpaired) electrons. The van der Waals surface area contributed by atoms with Gasteiger partial charge in [-0.1, -0.05) is 0 Å². The van der Waals surface area contributed by atoms with Gasteiger partial charge in [-0.15, -0.1) is 0 Å². The van der Waals surface area contributed by atoms with Crippen LogP contribution in [-0.4, -0.2) is 19.8 Å². The van der Waals surface area contributed by atoms with Crippen LogP contribution in [0.2, 0.25) is 0 Å². The molecule has 1 aromatic carbocycles. The zero-order chi connectivity index (χ0) is 11.8. The third kappa shape index (κ3) is 1.81. The maximum absolute atomic E-state index is 13.7. The molecule has 0 spiro atoms. The predicted octanol–water partition coefficient (Wildman–Crippen LogP) is 2.16. The minimum atomic E-state index is -0.292. The first-order chi connectivity index (χ1) is 8.29. The molecule has 0 aromatic heterocycles. The van der Waals surface area contributed by atoms with Crippen molar-refractivity contribution in [3.05, 3.63) is 29.1 Å². The number of rotatable bonds is 1. The van der Waals surface area contributed by atoms with E-state index in [1.54, 1.807) is 12.1 Å². The molecule has 2 aliphatic heterocycles. The lowest BCUT2D eigenvalue weighted by atomic mass is 9.89. The van der Waals surface area contributed by atoms with Crippen LogP contribution < -0.4 is 10.1 Å². The largest absolute Gasteiger partial charge is 0.494 e. The van der Waals surface area contributed by atoms with Gasteiger partial charge in [0.15, 0.2) is 11.6 Å². The standard InChI is InChI=1S/C13H16FNO2/c1-16-12-5-8-7-17-11-3-2-4-15-13(11)9(8)6-10(12)14/h5-6,11,13,15H,2-4,7H2,1H3/t11-,13-/m0/s1. The predicted molar refractivity (Wildman–Crippen MR) is 61.5 cm³/mol. The lowest BCUT2D eigenvalue weighted by molar-refractivity contribution is -0.0180. The van der Waals surface area contributed by atoms with Gasteiger partial charge in [0.25, 0.3) is 0 Å². The molecule has 1 saturated heterocycles. The molecule has 2 aliphatic rings. The third-order valence-corrected chi connectivity index (χ3v) is 3.60. The molecule has 1 fully saturated rings. The van der Waals surface area contributed by atoms with E-state index in [0.29, 0.717) is 12.4 Å². The van der Waals surface area contributed by atoms with Crippen molar-refractivity contribution in [2.75, 3.05) is 13.7 Å². The van der Waals surface area contributed by atoms with Gasteiger partial charge < -0.3 is 14.8 Å². The summed E-state index contributed by atoms with van der Waals surface area (Å²) in [6.07, 6.45) is 2.35. The molecule has 2 atom stereocenters. The zero-order valence-corrected chi connectivity index (χ0v) is 9.83. The molecule has 3 rings (SSSR count). The molecular formula is C13H16FNO2. The minimum Gasteiger partial charge on any atom is -0.494 e. The number of halogens is 1. The highest BCUT2D eigenvalue weighted by atomic mass is 19.1. The van der Waals surface area contributed by atoms with Crippen LogP contribution in [0.1, 0.15) is 30.0 Å². The van der Waals surface area contributed by atoms with Crippen molar-refractivity contribution in [2.24, 2.45) is 0 Å². The molecule has 1 N–H and O–H groups in total. The van der Waals surface area contributed by atoms with Crippen molar-refractivity contribution in [1.82, 2.24) is 5.32 Å². The summed E-state index contributed by atoms with van der Waals surface area (Å²) in [6, 6.07) is 3.47. The van der Waals surface area contributed by atoms with E-state index in [0.717, 1.165) is 30.5 Å². The zero-order valence-electron chi connectivity index (χ0n) is 9.83. The highest BCUT2D eigenvalue weighted by Gasteiger charge is 2.33. The molecule has 4 heteroatoms. The smallest absolute Gasteiger partial charge is 0.165 e. The normalized spacial score (nSPS) is 27.2. The Morgan fingerprint density at radius 2 is 2.35 bits per heavy atom. The number of piperidine rings is 1. The Bertz CT molecular complexity index is 436. The first-order valence-electron chi connectivity index (χ1n) is 6.01. The van der Waals surface area contributed by atoms with E-state index in [1.165, 1.54) is 7.11 Å². The fourth-order valence-corrected chi connectivity index (χ4v) is 2.73. The van der Waals surface area contributed by atoms with Gasteiger partial charge in [-0.2, -0.15) is 0 Å². The molecule has 0 bridgehead atoms. The summed E-state index contributed by atoms with van der Waals surface area (Å²) >= 11 is 0. The van der Waals surface area contributed by atoms with Crippen LogP contribution in [-0.2, 0) is 11.3 Å². The number of nitrogens with one attached hydrogen (secondary N) is 1. The van der Waals surface area contributed by atoms with Gasteiger partial charge in [-0.3, -0.25) is 0 Å². The molecule has 17 heavy (non-hydrogen) atoms. The van der Waals surface area contributed by atoms with E-state index in [1.807, 2.05) is 0 Å². The summed E-state index contributed by atoms with van der Waals surface area (Å²) in [4.78, 5) is 0. The van der Waals surface area contributed by atoms with Crippen molar-refractivity contribution >= 4 is 0 Å². The first kappa shape index (κ1) is 11.0. The molecule has 0 amide bonds. The van der Waals surface area contributed by atoms with E-state index < -0.39 is 0 Å². The van der Waals surface area contributed by atoms with Crippen molar-refractivity contribution in [3.8, 4) is 5.75 Å². The lowest BCUT2D eigenvalue weighted by Crippen LogP contribution is -2.42. The third-order valence-electron chi connectivity index (χ3n) is 3.60. The maximum Gasteiger partial charge on any atom is 0.165 e. The fourth-order valence-electron chi connectivity index (χ4n) is 2.73. The number of hydrogen-bond donors (Lipinski definition) is 1. The van der Waals surface area contributed by atoms with Gasteiger partial charge in [0, 0.05) is 0 Å². The van der Waals surface area contributed by atoms with Crippen molar-refractivity contribution < 1.29 is 13.9 Å². The van der Waals surface area contributed by atoms with Gasteiger partial charge in [0.1, 0.15) is 0 Å². The summed E-state index contributed by atoms with van der Waals surface area (Å²) in [5.41, 5.74) is 2.05. The Morgan fingerprint density at radius 1 is 1.47 bits per heavy atom. The van der Waals surface area contributed by atoms with E-state index in [2.05, 4.69) is 5.32 Å². The summed E-state index contributed by atoms with van der Waals surface area (Å²) in [5, 5.41) is 3.41. The average molecular weight is 237 g/mol. The second-order valence-corrected chi connectivity index (χ2v) is 4.61. The number of ether oxygens (including phenoxy) is 2. The van der Waals surface area contributed by atoms with Crippen molar-refractivity contribution in [1.29, 1.82) is 0 Å². The molecule has 0 unspecified atom stereocenters. The van der Waals surface area contributed by atoms with E-state index >= 15 is 0 Å².